The largest absolute Gasteiger partial charge is 0.397 e. The van der Waals surface area contributed by atoms with Crippen LogP contribution in [0.1, 0.15) is 26.2 Å². The van der Waals surface area contributed by atoms with E-state index >= 15 is 0 Å². The summed E-state index contributed by atoms with van der Waals surface area (Å²) in [6.07, 6.45) is 5.86. The molecule has 0 aliphatic heterocycles. The van der Waals surface area contributed by atoms with Crippen molar-refractivity contribution in [2.24, 2.45) is 11.8 Å². The Morgan fingerprint density at radius 2 is 2.33 bits per heavy atom. The number of hydrogen-bond acceptors (Lipinski definition) is 3. The molecule has 18 heavy (non-hydrogen) atoms. The first-order valence-corrected chi connectivity index (χ1v) is 6.70. The van der Waals surface area contributed by atoms with Gasteiger partial charge in [0.25, 0.3) is 0 Å². The standard InChI is InChI=1S/C14H20N4/c1-9-3-2-4-10(9)7-16-14-6-13-11(5-12(14)15)8-17-18-13/h5-6,8-10,16H,2-4,7,15H2,1H3,(H,17,18). The lowest BCUT2D eigenvalue weighted by molar-refractivity contribution is 0.440. The van der Waals surface area contributed by atoms with Gasteiger partial charge in [-0.1, -0.05) is 19.8 Å². The Kier molecular flexibility index (Phi) is 2.86. The van der Waals surface area contributed by atoms with Crippen LogP contribution < -0.4 is 11.1 Å². The zero-order chi connectivity index (χ0) is 12.5. The molecular weight excluding hydrogens is 224 g/mol. The number of H-pyrrole nitrogens is 1. The molecule has 1 fully saturated rings. The van der Waals surface area contributed by atoms with Crippen molar-refractivity contribution in [3.63, 3.8) is 0 Å². The normalized spacial score (nSPS) is 23.6. The molecule has 4 N–H and O–H groups in total. The third kappa shape index (κ3) is 2.03. The first kappa shape index (κ1) is 11.4. The topological polar surface area (TPSA) is 66.7 Å². The fourth-order valence-electron chi connectivity index (χ4n) is 2.93. The van der Waals surface area contributed by atoms with Crippen LogP contribution in [0.4, 0.5) is 11.4 Å². The van der Waals surface area contributed by atoms with Gasteiger partial charge in [-0.25, -0.2) is 0 Å². The number of anilines is 2. The number of rotatable bonds is 3. The Morgan fingerprint density at radius 1 is 1.44 bits per heavy atom. The van der Waals surface area contributed by atoms with Crippen LogP contribution in [0.25, 0.3) is 10.9 Å². The average Bonchev–Trinajstić information content (AvgIpc) is 2.95. The van der Waals surface area contributed by atoms with Crippen molar-refractivity contribution in [2.75, 3.05) is 17.6 Å². The first-order chi connectivity index (χ1) is 8.74. The van der Waals surface area contributed by atoms with Crippen LogP contribution in [-0.2, 0) is 0 Å². The number of nitrogens with two attached hydrogens (primary N) is 1. The SMILES string of the molecule is CC1CCCC1CNc1cc2[nH]ncc2cc1N. The highest BCUT2D eigenvalue weighted by Gasteiger charge is 2.23. The maximum absolute atomic E-state index is 6.06. The van der Waals surface area contributed by atoms with Gasteiger partial charge in [-0.3, -0.25) is 5.10 Å². The Morgan fingerprint density at radius 3 is 3.11 bits per heavy atom. The number of nitrogens with one attached hydrogen (secondary N) is 2. The van der Waals surface area contributed by atoms with Crippen LogP contribution >= 0.6 is 0 Å². The molecule has 3 rings (SSSR count). The summed E-state index contributed by atoms with van der Waals surface area (Å²) in [5, 5.41) is 11.6. The van der Waals surface area contributed by atoms with Crippen molar-refractivity contribution in [2.45, 2.75) is 26.2 Å². The molecule has 4 heteroatoms. The fraction of sp³-hybridized carbons (Fsp3) is 0.500. The number of fused-ring (bicyclic) bond motifs is 1. The van der Waals surface area contributed by atoms with Gasteiger partial charge in [-0.2, -0.15) is 5.10 Å². The molecule has 1 aliphatic rings. The molecule has 2 aromatic rings. The van der Waals surface area contributed by atoms with Crippen LogP contribution in [0.5, 0.6) is 0 Å². The summed E-state index contributed by atoms with van der Waals surface area (Å²) in [4.78, 5) is 0. The van der Waals surface area contributed by atoms with Gasteiger partial charge in [0.15, 0.2) is 0 Å². The molecule has 1 saturated carbocycles. The lowest BCUT2D eigenvalue weighted by atomic mass is 9.98. The predicted molar refractivity (Wildman–Crippen MR) is 75.5 cm³/mol. The van der Waals surface area contributed by atoms with Crippen molar-refractivity contribution < 1.29 is 0 Å². The first-order valence-electron chi connectivity index (χ1n) is 6.70. The van der Waals surface area contributed by atoms with E-state index in [4.69, 9.17) is 5.73 Å². The molecule has 1 aromatic carbocycles. The molecule has 4 nitrogen and oxygen atoms in total. The Bertz CT molecular complexity index is 546. The summed E-state index contributed by atoms with van der Waals surface area (Å²) < 4.78 is 0. The minimum atomic E-state index is 0.780. The Hall–Kier alpha value is -1.71. The maximum Gasteiger partial charge on any atom is 0.0672 e. The van der Waals surface area contributed by atoms with E-state index in [9.17, 15) is 0 Å². The van der Waals surface area contributed by atoms with E-state index in [0.29, 0.717) is 0 Å². The Labute approximate surface area is 107 Å². The molecule has 2 atom stereocenters. The molecule has 0 spiro atoms. The number of benzene rings is 1. The average molecular weight is 244 g/mol. The van der Waals surface area contributed by atoms with Crippen LogP contribution in [0.2, 0.25) is 0 Å². The van der Waals surface area contributed by atoms with Gasteiger partial charge in [0.1, 0.15) is 0 Å². The van der Waals surface area contributed by atoms with E-state index in [0.717, 1.165) is 40.7 Å². The zero-order valence-corrected chi connectivity index (χ0v) is 10.7. The molecule has 0 amide bonds. The summed E-state index contributed by atoms with van der Waals surface area (Å²) in [6, 6.07) is 4.02. The molecule has 1 aliphatic carbocycles. The number of nitrogen functional groups attached to an aromatic ring is 1. The molecule has 0 radical (unpaired) electrons. The van der Waals surface area contributed by atoms with Crippen molar-refractivity contribution in [1.29, 1.82) is 0 Å². The van der Waals surface area contributed by atoms with Crippen molar-refractivity contribution in [1.82, 2.24) is 10.2 Å². The summed E-state index contributed by atoms with van der Waals surface area (Å²) in [6.45, 7) is 3.37. The van der Waals surface area contributed by atoms with Crippen LogP contribution in [0.15, 0.2) is 18.3 Å². The van der Waals surface area contributed by atoms with Crippen LogP contribution in [-0.4, -0.2) is 16.7 Å². The molecule has 1 heterocycles. The van der Waals surface area contributed by atoms with E-state index in [1.807, 2.05) is 6.07 Å². The summed E-state index contributed by atoms with van der Waals surface area (Å²) in [5.41, 5.74) is 8.91. The number of aromatic amines is 1. The minimum Gasteiger partial charge on any atom is -0.397 e. The second-order valence-electron chi connectivity index (χ2n) is 5.45. The predicted octanol–water partition coefficient (Wildman–Crippen LogP) is 2.99. The molecule has 1 aromatic heterocycles. The smallest absolute Gasteiger partial charge is 0.0672 e. The lowest BCUT2D eigenvalue weighted by Crippen LogP contribution is -2.17. The van der Waals surface area contributed by atoms with E-state index in [1.165, 1.54) is 19.3 Å². The van der Waals surface area contributed by atoms with Gasteiger partial charge < -0.3 is 11.1 Å². The minimum absolute atomic E-state index is 0.780. The van der Waals surface area contributed by atoms with E-state index < -0.39 is 0 Å². The quantitative estimate of drug-likeness (QED) is 0.727. The second kappa shape index (κ2) is 4.52. The molecule has 2 unspecified atom stereocenters. The highest BCUT2D eigenvalue weighted by molar-refractivity contribution is 5.88. The third-order valence-corrected chi connectivity index (χ3v) is 4.20. The van der Waals surface area contributed by atoms with Crippen molar-refractivity contribution in [3.05, 3.63) is 18.3 Å². The third-order valence-electron chi connectivity index (χ3n) is 4.20. The second-order valence-corrected chi connectivity index (χ2v) is 5.45. The fourth-order valence-corrected chi connectivity index (χ4v) is 2.93. The van der Waals surface area contributed by atoms with Gasteiger partial charge in [-0.05, 0) is 30.4 Å². The Balaban J connectivity index is 1.75. The van der Waals surface area contributed by atoms with Gasteiger partial charge in [0.05, 0.1) is 23.1 Å². The zero-order valence-electron chi connectivity index (χ0n) is 10.7. The van der Waals surface area contributed by atoms with Crippen LogP contribution in [0.3, 0.4) is 0 Å². The number of aromatic nitrogens is 2. The summed E-state index contributed by atoms with van der Waals surface area (Å²) in [5.74, 6) is 1.61. The maximum atomic E-state index is 6.06. The van der Waals surface area contributed by atoms with E-state index in [2.05, 4.69) is 28.5 Å². The summed E-state index contributed by atoms with van der Waals surface area (Å²) >= 11 is 0. The monoisotopic (exact) mass is 244 g/mol. The number of nitrogens with zero attached hydrogens (tertiary/aromatic N) is 1. The van der Waals surface area contributed by atoms with Crippen molar-refractivity contribution >= 4 is 22.3 Å². The molecule has 96 valence electrons. The van der Waals surface area contributed by atoms with E-state index in [1.54, 1.807) is 6.20 Å². The lowest BCUT2D eigenvalue weighted by Gasteiger charge is -2.17. The van der Waals surface area contributed by atoms with Gasteiger partial charge in [0, 0.05) is 11.9 Å². The van der Waals surface area contributed by atoms with E-state index in [-0.39, 0.29) is 0 Å². The highest BCUT2D eigenvalue weighted by Crippen LogP contribution is 2.32. The van der Waals surface area contributed by atoms with Gasteiger partial charge in [-0.15, -0.1) is 0 Å². The molecular formula is C14H20N4. The van der Waals surface area contributed by atoms with Gasteiger partial charge >= 0.3 is 0 Å². The van der Waals surface area contributed by atoms with Gasteiger partial charge in [0.2, 0.25) is 0 Å². The summed E-state index contributed by atoms with van der Waals surface area (Å²) in [7, 11) is 0. The van der Waals surface area contributed by atoms with Crippen LogP contribution in [0, 0.1) is 11.8 Å². The molecule has 0 bridgehead atoms. The highest BCUT2D eigenvalue weighted by atomic mass is 15.1. The van der Waals surface area contributed by atoms with Crippen molar-refractivity contribution in [3.8, 4) is 0 Å². The number of hydrogen-bond donors (Lipinski definition) is 3. The molecule has 0 saturated heterocycles.